The van der Waals surface area contributed by atoms with Gasteiger partial charge in [0.2, 0.25) is 0 Å². The van der Waals surface area contributed by atoms with Crippen LogP contribution in [0.25, 0.3) is 0 Å². The maximum atomic E-state index is 5.42. The minimum Gasteiger partial charge on any atom is -0.379 e. The Bertz CT molecular complexity index is 440. The molecule has 0 spiro atoms. The van der Waals surface area contributed by atoms with Crippen molar-refractivity contribution in [1.82, 2.24) is 9.80 Å². The van der Waals surface area contributed by atoms with E-state index in [-0.39, 0.29) is 0 Å². The molecular formula is C18H28N2O. The van der Waals surface area contributed by atoms with E-state index in [1.807, 2.05) is 0 Å². The number of hydrogen-bond acceptors (Lipinski definition) is 3. The average Bonchev–Trinajstić information content (AvgIpc) is 2.82. The van der Waals surface area contributed by atoms with Crippen molar-refractivity contribution in [2.24, 2.45) is 5.41 Å². The predicted molar refractivity (Wildman–Crippen MR) is 86.7 cm³/mol. The number of morpholine rings is 1. The Labute approximate surface area is 128 Å². The summed E-state index contributed by atoms with van der Waals surface area (Å²) in [6.45, 7) is 13.6. The fourth-order valence-corrected chi connectivity index (χ4v) is 3.78. The fraction of sp³-hybridized carbons (Fsp3) is 0.667. The summed E-state index contributed by atoms with van der Waals surface area (Å²) in [5.41, 5.74) is 1.86. The summed E-state index contributed by atoms with van der Waals surface area (Å²) in [6.07, 6.45) is 0. The van der Waals surface area contributed by atoms with Crippen LogP contribution in [0.4, 0.5) is 0 Å². The molecule has 0 aliphatic carbocycles. The van der Waals surface area contributed by atoms with Crippen LogP contribution in [0.1, 0.15) is 25.3 Å². The summed E-state index contributed by atoms with van der Waals surface area (Å²) < 4.78 is 5.42. The van der Waals surface area contributed by atoms with Gasteiger partial charge in [-0.3, -0.25) is 4.90 Å². The molecule has 0 bridgehead atoms. The van der Waals surface area contributed by atoms with Gasteiger partial charge in [0.05, 0.1) is 13.2 Å². The van der Waals surface area contributed by atoms with Crippen molar-refractivity contribution >= 4 is 0 Å². The lowest BCUT2D eigenvalue weighted by Gasteiger charge is -2.28. The maximum absolute atomic E-state index is 5.42. The van der Waals surface area contributed by atoms with Crippen LogP contribution < -0.4 is 0 Å². The summed E-state index contributed by atoms with van der Waals surface area (Å²) in [4.78, 5) is 5.18. The van der Waals surface area contributed by atoms with Crippen LogP contribution in [0.2, 0.25) is 0 Å². The number of nitrogens with zero attached hydrogens (tertiary/aromatic N) is 2. The molecule has 1 aromatic carbocycles. The third kappa shape index (κ3) is 3.65. The van der Waals surface area contributed by atoms with Crippen molar-refractivity contribution in [2.75, 3.05) is 52.5 Å². The van der Waals surface area contributed by atoms with Crippen molar-refractivity contribution in [1.29, 1.82) is 0 Å². The normalized spacial score (nSPS) is 27.0. The van der Waals surface area contributed by atoms with Crippen molar-refractivity contribution in [3.05, 3.63) is 35.9 Å². The quantitative estimate of drug-likeness (QED) is 0.846. The monoisotopic (exact) mass is 288 g/mol. The first-order valence-electron chi connectivity index (χ1n) is 8.22. The highest BCUT2D eigenvalue weighted by Crippen LogP contribution is 2.41. The number of likely N-dealkylation sites (tertiary alicyclic amines) is 1. The second-order valence-corrected chi connectivity index (χ2v) is 7.14. The van der Waals surface area contributed by atoms with E-state index in [1.165, 1.54) is 31.7 Å². The molecule has 3 rings (SSSR count). The highest BCUT2D eigenvalue weighted by atomic mass is 16.5. The van der Waals surface area contributed by atoms with Crippen LogP contribution >= 0.6 is 0 Å². The second kappa shape index (κ2) is 6.47. The molecule has 21 heavy (non-hydrogen) atoms. The lowest BCUT2D eigenvalue weighted by Crippen LogP contribution is -2.41. The van der Waals surface area contributed by atoms with Gasteiger partial charge >= 0.3 is 0 Å². The molecule has 0 aromatic heterocycles. The zero-order valence-corrected chi connectivity index (χ0v) is 13.4. The largest absolute Gasteiger partial charge is 0.379 e. The molecule has 1 unspecified atom stereocenters. The maximum Gasteiger partial charge on any atom is 0.0594 e. The van der Waals surface area contributed by atoms with Crippen LogP contribution in [0.15, 0.2) is 30.3 Å². The highest BCUT2D eigenvalue weighted by molar-refractivity contribution is 5.24. The van der Waals surface area contributed by atoms with Crippen molar-refractivity contribution in [3.8, 4) is 0 Å². The van der Waals surface area contributed by atoms with E-state index in [9.17, 15) is 0 Å². The van der Waals surface area contributed by atoms with Gasteiger partial charge in [0.1, 0.15) is 0 Å². The van der Waals surface area contributed by atoms with Crippen molar-refractivity contribution in [2.45, 2.75) is 19.8 Å². The van der Waals surface area contributed by atoms with Crippen LogP contribution in [0, 0.1) is 5.41 Å². The first-order chi connectivity index (χ1) is 10.1. The lowest BCUT2D eigenvalue weighted by atomic mass is 9.78. The van der Waals surface area contributed by atoms with Gasteiger partial charge in [-0.1, -0.05) is 44.2 Å². The lowest BCUT2D eigenvalue weighted by molar-refractivity contribution is 0.0340. The van der Waals surface area contributed by atoms with Gasteiger partial charge < -0.3 is 9.64 Å². The third-order valence-corrected chi connectivity index (χ3v) is 5.05. The first kappa shape index (κ1) is 15.0. The molecule has 1 aromatic rings. The van der Waals surface area contributed by atoms with Gasteiger partial charge in [0, 0.05) is 45.2 Å². The van der Waals surface area contributed by atoms with E-state index in [1.54, 1.807) is 0 Å². The Kier molecular flexibility index (Phi) is 4.63. The SMILES string of the molecule is CC1(C)CN(CCN2CCOCC2)CC1c1ccccc1. The van der Waals surface area contributed by atoms with Gasteiger partial charge in [0.25, 0.3) is 0 Å². The zero-order chi connectivity index (χ0) is 14.7. The average molecular weight is 288 g/mol. The van der Waals surface area contributed by atoms with E-state index in [2.05, 4.69) is 54.0 Å². The Morgan fingerprint density at radius 3 is 2.43 bits per heavy atom. The predicted octanol–water partition coefficient (Wildman–Crippen LogP) is 2.44. The minimum atomic E-state index is 0.367. The molecule has 2 saturated heterocycles. The van der Waals surface area contributed by atoms with Crippen LogP contribution in [0.3, 0.4) is 0 Å². The molecular weight excluding hydrogens is 260 g/mol. The molecule has 3 nitrogen and oxygen atoms in total. The van der Waals surface area contributed by atoms with Crippen LogP contribution in [-0.4, -0.2) is 62.3 Å². The summed E-state index contributed by atoms with van der Waals surface area (Å²) in [5, 5.41) is 0. The Morgan fingerprint density at radius 2 is 1.71 bits per heavy atom. The second-order valence-electron chi connectivity index (χ2n) is 7.14. The Balaban J connectivity index is 1.57. The number of benzene rings is 1. The molecule has 0 amide bonds. The van der Waals surface area contributed by atoms with E-state index < -0.39 is 0 Å². The summed E-state index contributed by atoms with van der Waals surface area (Å²) in [6, 6.07) is 11.0. The van der Waals surface area contributed by atoms with Crippen LogP contribution in [0.5, 0.6) is 0 Å². The van der Waals surface area contributed by atoms with Crippen molar-refractivity contribution < 1.29 is 4.74 Å². The molecule has 0 N–H and O–H groups in total. The fourth-order valence-electron chi connectivity index (χ4n) is 3.78. The molecule has 0 saturated carbocycles. The molecule has 1 atom stereocenters. The molecule has 2 fully saturated rings. The molecule has 0 radical (unpaired) electrons. The Morgan fingerprint density at radius 1 is 1.05 bits per heavy atom. The van der Waals surface area contributed by atoms with E-state index in [0.717, 1.165) is 26.3 Å². The van der Waals surface area contributed by atoms with Gasteiger partial charge in [-0.05, 0) is 11.0 Å². The number of rotatable bonds is 4. The number of ether oxygens (including phenoxy) is 1. The summed E-state index contributed by atoms with van der Waals surface area (Å²) in [7, 11) is 0. The summed E-state index contributed by atoms with van der Waals surface area (Å²) in [5.74, 6) is 0.656. The summed E-state index contributed by atoms with van der Waals surface area (Å²) >= 11 is 0. The molecule has 2 aliphatic rings. The van der Waals surface area contributed by atoms with Gasteiger partial charge in [0.15, 0.2) is 0 Å². The Hall–Kier alpha value is -0.900. The van der Waals surface area contributed by atoms with Gasteiger partial charge in [-0.15, -0.1) is 0 Å². The minimum absolute atomic E-state index is 0.367. The molecule has 2 heterocycles. The van der Waals surface area contributed by atoms with Crippen molar-refractivity contribution in [3.63, 3.8) is 0 Å². The first-order valence-corrected chi connectivity index (χ1v) is 8.22. The van der Waals surface area contributed by atoms with E-state index in [4.69, 9.17) is 4.74 Å². The van der Waals surface area contributed by atoms with E-state index >= 15 is 0 Å². The topological polar surface area (TPSA) is 15.7 Å². The standard InChI is InChI=1S/C18H28N2O/c1-18(2)15-20(9-8-19-10-12-21-13-11-19)14-17(18)16-6-4-3-5-7-16/h3-7,17H,8-15H2,1-2H3. The number of hydrogen-bond donors (Lipinski definition) is 0. The van der Waals surface area contributed by atoms with Crippen LogP contribution in [-0.2, 0) is 4.74 Å². The molecule has 3 heteroatoms. The highest BCUT2D eigenvalue weighted by Gasteiger charge is 2.39. The zero-order valence-electron chi connectivity index (χ0n) is 13.4. The third-order valence-electron chi connectivity index (χ3n) is 5.05. The molecule has 116 valence electrons. The van der Waals surface area contributed by atoms with E-state index in [0.29, 0.717) is 11.3 Å². The smallest absolute Gasteiger partial charge is 0.0594 e. The van der Waals surface area contributed by atoms with Gasteiger partial charge in [-0.2, -0.15) is 0 Å². The molecule has 2 aliphatic heterocycles. The van der Waals surface area contributed by atoms with Gasteiger partial charge in [-0.25, -0.2) is 0 Å².